The second kappa shape index (κ2) is 10.4. The van der Waals surface area contributed by atoms with Crippen LogP contribution in [0.1, 0.15) is 30.1 Å². The van der Waals surface area contributed by atoms with Gasteiger partial charge >= 0.3 is 0 Å². The predicted octanol–water partition coefficient (Wildman–Crippen LogP) is 3.62. The summed E-state index contributed by atoms with van der Waals surface area (Å²) in [6.07, 6.45) is 3.36. The Morgan fingerprint density at radius 2 is 1.89 bits per heavy atom. The molecule has 0 bridgehead atoms. The summed E-state index contributed by atoms with van der Waals surface area (Å²) >= 11 is 0. The van der Waals surface area contributed by atoms with E-state index in [1.54, 1.807) is 13.1 Å². The average molecular weight is 495 g/mol. The average Bonchev–Trinajstić information content (AvgIpc) is 3.39. The maximum atomic E-state index is 12.6. The number of hydrogen-bond donors (Lipinski definition) is 3. The number of ether oxygens (including phenoxy) is 1. The summed E-state index contributed by atoms with van der Waals surface area (Å²) in [6, 6.07) is 16.8. The Morgan fingerprint density at radius 1 is 1.14 bits per heavy atom. The fraction of sp³-hybridized carbons (Fsp3) is 0.214. The molecule has 1 aliphatic rings. The number of carbonyl (C=O) groups is 2. The van der Waals surface area contributed by atoms with E-state index in [2.05, 4.69) is 32.3 Å². The number of hydrogen-bond acceptors (Lipinski definition) is 6. The van der Waals surface area contributed by atoms with Crippen molar-refractivity contribution in [3.05, 3.63) is 66.4 Å². The zero-order chi connectivity index (χ0) is 25.8. The van der Waals surface area contributed by atoms with Crippen molar-refractivity contribution in [3.63, 3.8) is 0 Å². The number of primary amides is 1. The molecule has 2 aromatic carbocycles. The van der Waals surface area contributed by atoms with E-state index in [1.807, 2.05) is 54.6 Å². The molecule has 1 fully saturated rings. The molecule has 2 amide bonds. The van der Waals surface area contributed by atoms with E-state index >= 15 is 0 Å². The molecule has 1 atom stereocenters. The lowest BCUT2D eigenvalue weighted by Crippen LogP contribution is -2.47. The van der Waals surface area contributed by atoms with Gasteiger partial charge in [0.15, 0.2) is 0 Å². The number of aromatic amines is 1. The van der Waals surface area contributed by atoms with E-state index in [4.69, 9.17) is 15.5 Å². The summed E-state index contributed by atoms with van der Waals surface area (Å²) < 4.78 is 5.90. The third-order valence-corrected chi connectivity index (χ3v) is 6.23. The van der Waals surface area contributed by atoms with Crippen LogP contribution in [0.15, 0.2) is 60.8 Å². The van der Waals surface area contributed by atoms with Gasteiger partial charge in [0.05, 0.1) is 28.4 Å². The van der Waals surface area contributed by atoms with Gasteiger partial charge < -0.3 is 20.7 Å². The summed E-state index contributed by atoms with van der Waals surface area (Å²) in [7, 11) is 0. The lowest BCUT2D eigenvalue weighted by atomic mass is 10.0. The number of pyridine rings is 1. The highest BCUT2D eigenvalue weighted by Gasteiger charge is 2.27. The van der Waals surface area contributed by atoms with Gasteiger partial charge in [-0.3, -0.25) is 14.7 Å². The van der Waals surface area contributed by atoms with Crippen LogP contribution in [0.4, 0.5) is 5.82 Å². The van der Waals surface area contributed by atoms with E-state index in [-0.39, 0.29) is 17.5 Å². The van der Waals surface area contributed by atoms with Gasteiger partial charge in [-0.05, 0) is 62.1 Å². The first kappa shape index (κ1) is 23.9. The number of nitrogens with zero attached hydrogens (tertiary/aromatic N) is 3. The lowest BCUT2D eigenvalue weighted by Gasteiger charge is -2.34. The molecule has 0 radical (unpaired) electrons. The number of nitrogens with two attached hydrogens (primary N) is 1. The van der Waals surface area contributed by atoms with Crippen molar-refractivity contribution in [3.8, 4) is 34.6 Å². The van der Waals surface area contributed by atoms with Crippen LogP contribution in [0, 0.1) is 11.8 Å². The maximum Gasteiger partial charge on any atom is 0.296 e. The van der Waals surface area contributed by atoms with Crippen LogP contribution in [0.25, 0.3) is 22.2 Å². The summed E-state index contributed by atoms with van der Waals surface area (Å²) in [5, 5.41) is 10.8. The van der Waals surface area contributed by atoms with Crippen molar-refractivity contribution in [2.75, 3.05) is 18.0 Å². The van der Waals surface area contributed by atoms with Gasteiger partial charge in [-0.1, -0.05) is 24.1 Å². The van der Waals surface area contributed by atoms with Gasteiger partial charge in [0.2, 0.25) is 0 Å². The Hall–Kier alpha value is -4.84. The molecule has 9 nitrogen and oxygen atoms in total. The first-order valence-electron chi connectivity index (χ1n) is 12.0. The predicted molar refractivity (Wildman–Crippen MR) is 141 cm³/mol. The Kier molecular flexibility index (Phi) is 6.72. The molecule has 5 rings (SSSR count). The van der Waals surface area contributed by atoms with Gasteiger partial charge in [-0.2, -0.15) is 5.10 Å². The summed E-state index contributed by atoms with van der Waals surface area (Å²) in [5.41, 5.74) is 7.78. The molecule has 9 heteroatoms. The van der Waals surface area contributed by atoms with Crippen LogP contribution < -0.4 is 20.7 Å². The quantitative estimate of drug-likeness (QED) is 0.352. The van der Waals surface area contributed by atoms with E-state index < -0.39 is 5.91 Å². The molecular formula is C28H26N6O3. The zero-order valence-electron chi connectivity index (χ0n) is 20.3. The zero-order valence-corrected chi connectivity index (χ0v) is 20.3. The van der Waals surface area contributed by atoms with Crippen molar-refractivity contribution in [1.82, 2.24) is 20.5 Å². The Labute approximate surface area is 214 Å². The van der Waals surface area contributed by atoms with Crippen LogP contribution in [-0.4, -0.2) is 46.1 Å². The number of H-pyrrole nitrogens is 1. The van der Waals surface area contributed by atoms with Gasteiger partial charge in [0, 0.05) is 24.7 Å². The van der Waals surface area contributed by atoms with Crippen molar-refractivity contribution in [1.29, 1.82) is 0 Å². The molecule has 2 aromatic heterocycles. The highest BCUT2D eigenvalue weighted by Crippen LogP contribution is 2.35. The molecule has 3 heterocycles. The lowest BCUT2D eigenvalue weighted by molar-refractivity contribution is -0.116. The number of rotatable bonds is 6. The highest BCUT2D eigenvalue weighted by molar-refractivity contribution is 6.12. The second-order valence-electron chi connectivity index (χ2n) is 8.76. The summed E-state index contributed by atoms with van der Waals surface area (Å²) in [4.78, 5) is 31.6. The van der Waals surface area contributed by atoms with E-state index in [1.165, 1.54) is 0 Å². The summed E-state index contributed by atoms with van der Waals surface area (Å²) in [6.45, 7) is 2.94. The number of carbonyl (C=O) groups excluding carboxylic acids is 2. The minimum atomic E-state index is -0.602. The van der Waals surface area contributed by atoms with Gasteiger partial charge in [0.25, 0.3) is 11.8 Å². The topological polar surface area (TPSA) is 126 Å². The molecule has 4 aromatic rings. The fourth-order valence-electron chi connectivity index (χ4n) is 4.60. The Balaban J connectivity index is 1.51. The molecule has 186 valence electrons. The number of benzene rings is 2. The largest absolute Gasteiger partial charge is 0.457 e. The number of fused-ring (bicyclic) bond motifs is 1. The first-order valence-corrected chi connectivity index (χ1v) is 12.0. The molecule has 0 aliphatic carbocycles. The number of para-hydroxylation sites is 1. The molecule has 0 spiro atoms. The number of piperidine rings is 1. The van der Waals surface area contributed by atoms with E-state index in [0.717, 1.165) is 25.1 Å². The molecule has 4 N–H and O–H groups in total. The fourth-order valence-corrected chi connectivity index (χ4v) is 4.60. The SMILES string of the molecule is CC#CC(=O)N[C@H]1CCCN(c2nc(-c3ccc(Oc4ccccc4)cc3)c(C(N)=O)c3[nH]ncc23)C1. The van der Waals surface area contributed by atoms with Gasteiger partial charge in [-0.25, -0.2) is 4.98 Å². The molecule has 0 saturated carbocycles. The Morgan fingerprint density at radius 3 is 2.62 bits per heavy atom. The molecule has 37 heavy (non-hydrogen) atoms. The number of amides is 2. The monoisotopic (exact) mass is 494 g/mol. The first-order chi connectivity index (χ1) is 18.0. The smallest absolute Gasteiger partial charge is 0.296 e. The highest BCUT2D eigenvalue weighted by atomic mass is 16.5. The van der Waals surface area contributed by atoms with Gasteiger partial charge in [0.1, 0.15) is 17.3 Å². The normalized spacial score (nSPS) is 15.1. The van der Waals surface area contributed by atoms with Crippen LogP contribution in [0.2, 0.25) is 0 Å². The minimum Gasteiger partial charge on any atom is -0.457 e. The number of aromatic nitrogens is 3. The van der Waals surface area contributed by atoms with Crippen molar-refractivity contribution < 1.29 is 14.3 Å². The van der Waals surface area contributed by atoms with Crippen molar-refractivity contribution in [2.45, 2.75) is 25.8 Å². The van der Waals surface area contributed by atoms with E-state index in [9.17, 15) is 9.59 Å². The molecule has 1 aliphatic heterocycles. The standard InChI is InChI=1S/C28H26N6O3/c1-2-7-23(35)31-19-8-6-15-34(17-19)28-22-16-30-33-26(22)24(27(29)36)25(32-28)18-11-13-21(14-12-18)37-20-9-4-3-5-10-20/h3-5,9-14,16,19H,6,8,15,17H2,1H3,(H2,29,36)(H,30,33)(H,31,35)/t19-/m0/s1. The Bertz CT molecular complexity index is 1500. The van der Waals surface area contributed by atoms with Crippen LogP contribution in [0.5, 0.6) is 11.5 Å². The molecular weight excluding hydrogens is 468 g/mol. The van der Waals surface area contributed by atoms with Crippen LogP contribution >= 0.6 is 0 Å². The third kappa shape index (κ3) is 5.09. The molecule has 1 saturated heterocycles. The van der Waals surface area contributed by atoms with Crippen molar-refractivity contribution >= 4 is 28.5 Å². The summed E-state index contributed by atoms with van der Waals surface area (Å²) in [5.74, 6) is 6.32. The van der Waals surface area contributed by atoms with Crippen LogP contribution in [-0.2, 0) is 4.79 Å². The number of nitrogens with one attached hydrogen (secondary N) is 2. The third-order valence-electron chi connectivity index (χ3n) is 6.23. The molecule has 0 unspecified atom stereocenters. The number of anilines is 1. The minimum absolute atomic E-state index is 0.0699. The van der Waals surface area contributed by atoms with Gasteiger partial charge in [-0.15, -0.1) is 0 Å². The van der Waals surface area contributed by atoms with E-state index in [0.29, 0.717) is 40.3 Å². The van der Waals surface area contributed by atoms with Crippen molar-refractivity contribution in [2.24, 2.45) is 5.73 Å². The van der Waals surface area contributed by atoms with Crippen LogP contribution in [0.3, 0.4) is 0 Å². The maximum absolute atomic E-state index is 12.6. The second-order valence-corrected chi connectivity index (χ2v) is 8.76.